The number of ether oxygens (including phenoxy) is 2. The number of nitriles is 2. The van der Waals surface area contributed by atoms with E-state index in [1.54, 1.807) is 7.11 Å². The first-order valence-corrected chi connectivity index (χ1v) is 8.65. The summed E-state index contributed by atoms with van der Waals surface area (Å²) in [5.74, 6) is 1.42. The Labute approximate surface area is 155 Å². The molecule has 4 heteroatoms. The number of nitrogens with zero attached hydrogens (tertiary/aromatic N) is 2. The number of rotatable bonds is 5. The highest BCUT2D eigenvalue weighted by Crippen LogP contribution is 2.39. The average molecular weight is 348 g/mol. The van der Waals surface area contributed by atoms with Gasteiger partial charge in [-0.15, -0.1) is 0 Å². The van der Waals surface area contributed by atoms with Gasteiger partial charge in [0.1, 0.15) is 17.7 Å². The Morgan fingerprint density at radius 2 is 1.88 bits per heavy atom. The summed E-state index contributed by atoms with van der Waals surface area (Å²) in [5.41, 5.74) is 3.14. The molecule has 1 aliphatic carbocycles. The van der Waals surface area contributed by atoms with Crippen LogP contribution in [0, 0.1) is 28.1 Å². The molecule has 0 radical (unpaired) electrons. The lowest BCUT2D eigenvalue weighted by Crippen LogP contribution is -2.17. The molecule has 26 heavy (non-hydrogen) atoms. The zero-order valence-electron chi connectivity index (χ0n) is 15.8. The minimum absolute atomic E-state index is 0.0130. The van der Waals surface area contributed by atoms with Crippen molar-refractivity contribution in [2.24, 2.45) is 5.41 Å². The lowest BCUT2D eigenvalue weighted by Gasteiger charge is -2.30. The van der Waals surface area contributed by atoms with E-state index in [4.69, 9.17) is 20.0 Å². The molecule has 1 aliphatic rings. The maximum Gasteiger partial charge on any atom is 0.161 e. The van der Waals surface area contributed by atoms with E-state index < -0.39 is 0 Å². The zero-order valence-corrected chi connectivity index (χ0v) is 15.8. The fourth-order valence-electron chi connectivity index (χ4n) is 3.16. The van der Waals surface area contributed by atoms with Gasteiger partial charge in [-0.1, -0.05) is 38.1 Å². The smallest absolute Gasteiger partial charge is 0.161 e. The van der Waals surface area contributed by atoms with Crippen molar-refractivity contribution in [3.05, 3.63) is 52.6 Å². The molecular formula is C22H24N2O2. The fourth-order valence-corrected chi connectivity index (χ4v) is 3.16. The number of benzene rings is 1. The molecule has 0 unspecified atom stereocenters. The van der Waals surface area contributed by atoms with Crippen LogP contribution >= 0.6 is 0 Å². The molecule has 2 rings (SSSR count). The summed E-state index contributed by atoms with van der Waals surface area (Å²) in [5, 5.41) is 18.3. The van der Waals surface area contributed by atoms with E-state index in [1.165, 1.54) is 0 Å². The molecule has 4 nitrogen and oxygen atoms in total. The van der Waals surface area contributed by atoms with Gasteiger partial charge in [0, 0.05) is 0 Å². The second-order valence-electron chi connectivity index (χ2n) is 7.04. The van der Waals surface area contributed by atoms with E-state index in [2.05, 4.69) is 13.8 Å². The van der Waals surface area contributed by atoms with Gasteiger partial charge in [0.15, 0.2) is 11.5 Å². The van der Waals surface area contributed by atoms with Gasteiger partial charge >= 0.3 is 0 Å². The van der Waals surface area contributed by atoms with E-state index in [9.17, 15) is 0 Å². The molecule has 0 saturated heterocycles. The Morgan fingerprint density at radius 1 is 1.15 bits per heavy atom. The minimum Gasteiger partial charge on any atom is -0.493 e. The number of methoxy groups -OCH3 is 1. The Kier molecular flexibility index (Phi) is 6.26. The summed E-state index contributed by atoms with van der Waals surface area (Å²) >= 11 is 0. The summed E-state index contributed by atoms with van der Waals surface area (Å²) < 4.78 is 10.9. The van der Waals surface area contributed by atoms with Crippen LogP contribution in [0.5, 0.6) is 11.5 Å². The molecule has 1 aromatic rings. The Morgan fingerprint density at radius 3 is 2.50 bits per heavy atom. The van der Waals surface area contributed by atoms with Gasteiger partial charge < -0.3 is 9.47 Å². The van der Waals surface area contributed by atoms with Crippen LogP contribution in [0.25, 0.3) is 6.08 Å². The lowest BCUT2D eigenvalue weighted by molar-refractivity contribution is 0.311. The van der Waals surface area contributed by atoms with Crippen LogP contribution in [0.4, 0.5) is 0 Å². The van der Waals surface area contributed by atoms with Crippen molar-refractivity contribution in [2.45, 2.75) is 33.6 Å². The van der Waals surface area contributed by atoms with Crippen molar-refractivity contribution in [1.29, 1.82) is 10.5 Å². The highest BCUT2D eigenvalue weighted by molar-refractivity contribution is 5.59. The molecule has 0 fully saturated rings. The van der Waals surface area contributed by atoms with Crippen molar-refractivity contribution in [3.63, 3.8) is 0 Å². The number of allylic oxidation sites excluding steroid dienone is 5. The maximum atomic E-state index is 9.17. The molecule has 0 aliphatic heterocycles. The topological polar surface area (TPSA) is 66.0 Å². The SMILES string of the molecule is CCOc1cc(/C=C/C2=CC(=C(C#N)C#N)CC(C)(C)C2)ccc1OC. The van der Waals surface area contributed by atoms with E-state index >= 15 is 0 Å². The van der Waals surface area contributed by atoms with Crippen LogP contribution in [-0.4, -0.2) is 13.7 Å². The third-order valence-corrected chi connectivity index (χ3v) is 4.23. The molecule has 0 spiro atoms. The molecule has 0 bridgehead atoms. The first-order valence-electron chi connectivity index (χ1n) is 8.65. The largest absolute Gasteiger partial charge is 0.493 e. The standard InChI is InChI=1S/C22H24N2O2/c1-5-26-21-11-16(8-9-20(21)25-4)6-7-17-10-18(19(14-23)15-24)13-22(2,3)12-17/h6-11H,5,12-13H2,1-4H3/b7-6+. The van der Waals surface area contributed by atoms with Gasteiger partial charge in [-0.05, 0) is 54.0 Å². The first kappa shape index (κ1) is 19.3. The van der Waals surface area contributed by atoms with Gasteiger partial charge in [0.05, 0.1) is 13.7 Å². The minimum atomic E-state index is 0.0130. The molecule has 0 heterocycles. The summed E-state index contributed by atoms with van der Waals surface area (Å²) in [6.07, 6.45) is 7.66. The Bertz CT molecular complexity index is 830. The predicted octanol–water partition coefficient (Wildman–Crippen LogP) is 5.20. The highest BCUT2D eigenvalue weighted by atomic mass is 16.5. The zero-order chi connectivity index (χ0) is 19.2. The average Bonchev–Trinajstić information content (AvgIpc) is 2.60. The summed E-state index contributed by atoms with van der Waals surface area (Å²) in [6.45, 7) is 6.82. The first-order chi connectivity index (χ1) is 12.4. The van der Waals surface area contributed by atoms with Gasteiger partial charge in [0.25, 0.3) is 0 Å². The van der Waals surface area contributed by atoms with Crippen molar-refractivity contribution >= 4 is 6.08 Å². The third-order valence-electron chi connectivity index (χ3n) is 4.23. The fraction of sp³-hybridized carbons (Fsp3) is 0.364. The lowest BCUT2D eigenvalue weighted by atomic mass is 9.74. The normalized spacial score (nSPS) is 15.8. The second-order valence-corrected chi connectivity index (χ2v) is 7.04. The highest BCUT2D eigenvalue weighted by Gasteiger charge is 2.26. The number of hydrogen-bond donors (Lipinski definition) is 0. The van der Waals surface area contributed by atoms with Crippen molar-refractivity contribution in [3.8, 4) is 23.6 Å². The van der Waals surface area contributed by atoms with Crippen LogP contribution in [-0.2, 0) is 0 Å². The van der Waals surface area contributed by atoms with Crippen molar-refractivity contribution < 1.29 is 9.47 Å². The third kappa shape index (κ3) is 4.77. The van der Waals surface area contributed by atoms with Crippen LogP contribution in [0.1, 0.15) is 39.2 Å². The molecule has 1 aromatic carbocycles. The van der Waals surface area contributed by atoms with Gasteiger partial charge in [-0.3, -0.25) is 0 Å². The van der Waals surface area contributed by atoms with Gasteiger partial charge in [0.2, 0.25) is 0 Å². The quantitative estimate of drug-likeness (QED) is 0.686. The van der Waals surface area contributed by atoms with E-state index in [1.807, 2.05) is 55.5 Å². The molecule has 134 valence electrons. The monoisotopic (exact) mass is 348 g/mol. The summed E-state index contributed by atoms with van der Waals surface area (Å²) in [7, 11) is 1.62. The van der Waals surface area contributed by atoms with E-state index in [-0.39, 0.29) is 11.0 Å². The van der Waals surface area contributed by atoms with Crippen LogP contribution < -0.4 is 9.47 Å². The molecule has 0 amide bonds. The molecule has 0 aromatic heterocycles. The maximum absolute atomic E-state index is 9.17. The van der Waals surface area contributed by atoms with Crippen molar-refractivity contribution in [2.75, 3.05) is 13.7 Å². The van der Waals surface area contributed by atoms with E-state index in [0.29, 0.717) is 18.1 Å². The second kappa shape index (κ2) is 8.41. The molecule has 0 N–H and O–H groups in total. The molecular weight excluding hydrogens is 324 g/mol. The van der Waals surface area contributed by atoms with E-state index in [0.717, 1.165) is 29.6 Å². The number of hydrogen-bond acceptors (Lipinski definition) is 4. The Balaban J connectivity index is 2.34. The summed E-state index contributed by atoms with van der Waals surface area (Å²) in [4.78, 5) is 0. The molecule has 0 atom stereocenters. The molecule has 0 saturated carbocycles. The van der Waals surface area contributed by atoms with Gasteiger partial charge in [-0.2, -0.15) is 10.5 Å². The predicted molar refractivity (Wildman–Crippen MR) is 103 cm³/mol. The van der Waals surface area contributed by atoms with Crippen LogP contribution in [0.3, 0.4) is 0 Å². The van der Waals surface area contributed by atoms with Crippen molar-refractivity contribution in [1.82, 2.24) is 0 Å². The summed E-state index contributed by atoms with van der Waals surface area (Å²) in [6, 6.07) is 9.82. The van der Waals surface area contributed by atoms with Crippen LogP contribution in [0.2, 0.25) is 0 Å². The Hall–Kier alpha value is -2.98. The van der Waals surface area contributed by atoms with Crippen LogP contribution in [0.15, 0.2) is 47.1 Å². The van der Waals surface area contributed by atoms with Gasteiger partial charge in [-0.25, -0.2) is 0 Å².